The summed E-state index contributed by atoms with van der Waals surface area (Å²) in [5.41, 5.74) is 19.3. The molecule has 11 aromatic rings. The summed E-state index contributed by atoms with van der Waals surface area (Å²) in [5, 5.41) is 14.2. The molecule has 19 nitrogen and oxygen atoms in total. The lowest BCUT2D eigenvalue weighted by Crippen LogP contribution is -2.14. The van der Waals surface area contributed by atoms with E-state index in [1.807, 2.05) is 56.3 Å². The number of anilines is 3. The van der Waals surface area contributed by atoms with Crippen molar-refractivity contribution in [2.45, 2.75) is 20.3 Å². The van der Waals surface area contributed by atoms with Gasteiger partial charge in [-0.05, 0) is 157 Å². The van der Waals surface area contributed by atoms with E-state index in [1.54, 1.807) is 147 Å². The second kappa shape index (κ2) is 31.1. The number of phenols is 1. The molecule has 23 heteroatoms. The first-order valence-corrected chi connectivity index (χ1v) is 26.1. The molecule has 0 aliphatic heterocycles. The molecule has 0 radical (unpaired) electrons. The number of carbonyl (C=O) groups excluding carboxylic acids is 2. The molecule has 0 saturated carbocycles. The number of nitrogens with two attached hydrogens (primary N) is 2. The molecule has 8 aromatic heterocycles. The highest BCUT2D eigenvalue weighted by atomic mass is 35.5. The van der Waals surface area contributed by atoms with Gasteiger partial charge in [0, 0.05) is 129 Å². The standard InChI is InChI=1S/C23H18ClN5O.C15H11ClN4O.C11H9ClN2O.C7H7NO2.C4H3ClN2/c1-15-7-10-25-14-19(15)23(30)29-21-6-4-17(13-28-21)18-11-16(3-5-20(18)24)12-22-26-8-2-9-27-22;16-13-4-3-11(21-15-18-6-1-7-19-15)8-12(13)10-2-5-14(17)20-9-10;12-10-3-2-8(15)5-9(10)7-1-4-11(13)14-6-7;1-6-2-3-8-4-7(6)10-5-9;5-4-6-2-1-3-7-4/h2-11,13-14H,12H2,1H3,(H,28,29,30);1-9H,(H2,17,20);1-6,15H,(H2,13,14);2-5H,1H3;1-3H. The minimum Gasteiger partial charge on any atom is -0.508 e. The van der Waals surface area contributed by atoms with Gasteiger partial charge in [-0.3, -0.25) is 19.6 Å². The normalized spacial score (nSPS) is 10.1. The maximum absolute atomic E-state index is 12.4. The van der Waals surface area contributed by atoms with E-state index >= 15 is 0 Å². The van der Waals surface area contributed by atoms with Gasteiger partial charge in [-0.15, -0.1) is 0 Å². The Labute approximate surface area is 496 Å². The highest BCUT2D eigenvalue weighted by Gasteiger charge is 2.13. The molecule has 1 amide bonds. The van der Waals surface area contributed by atoms with Gasteiger partial charge in [0.1, 0.15) is 34.8 Å². The number of nitrogens with one attached hydrogen (secondary N) is 1. The van der Waals surface area contributed by atoms with Crippen molar-refractivity contribution in [3.05, 3.63) is 250 Å². The fourth-order valence-corrected chi connectivity index (χ4v) is 7.81. The number of phenolic OH excluding ortho intramolecular Hbond substituents is 1. The van der Waals surface area contributed by atoms with E-state index in [0.29, 0.717) is 67.8 Å². The molecule has 416 valence electrons. The Morgan fingerprint density at radius 1 is 0.554 bits per heavy atom. The smallest absolute Gasteiger partial charge is 0.321 e. The molecule has 83 heavy (non-hydrogen) atoms. The fraction of sp³-hybridized carbons (Fsp3) is 0.0500. The number of nitrogen functional groups attached to an aromatic ring is 2. The summed E-state index contributed by atoms with van der Waals surface area (Å²) in [4.78, 5) is 66.3. The van der Waals surface area contributed by atoms with Crippen LogP contribution in [0, 0.1) is 13.8 Å². The van der Waals surface area contributed by atoms with Gasteiger partial charge in [0.25, 0.3) is 12.4 Å². The topological polar surface area (TPSA) is 279 Å². The van der Waals surface area contributed by atoms with Crippen LogP contribution in [-0.2, 0) is 11.2 Å². The van der Waals surface area contributed by atoms with Gasteiger partial charge in [-0.25, -0.2) is 44.9 Å². The summed E-state index contributed by atoms with van der Waals surface area (Å²) in [7, 11) is 0. The quantitative estimate of drug-likeness (QED) is 0.0692. The SMILES string of the molecule is Cc1ccncc1C(=O)Nc1ccc(-c2cc(Cc3ncccn3)ccc2Cl)cn1.Cc1ccncc1OC=O.Clc1ncccn1.Nc1ccc(-c2cc(O)ccc2Cl)cn1.Nc1ccc(-c2cc(Oc3ncccn3)ccc2Cl)cn1. The molecule has 0 saturated heterocycles. The second-order valence-electron chi connectivity index (χ2n) is 17.0. The third kappa shape index (κ3) is 19.0. The zero-order valence-corrected chi connectivity index (χ0v) is 47.0. The Hall–Kier alpha value is -10.1. The minimum atomic E-state index is -0.247. The molecule has 0 spiro atoms. The lowest BCUT2D eigenvalue weighted by molar-refractivity contribution is -0.120. The van der Waals surface area contributed by atoms with Gasteiger partial charge in [0.2, 0.25) is 5.28 Å². The van der Waals surface area contributed by atoms with Crippen molar-refractivity contribution >= 4 is 76.2 Å². The maximum Gasteiger partial charge on any atom is 0.321 e. The molecular weight excluding hydrogens is 1140 g/mol. The van der Waals surface area contributed by atoms with Crippen molar-refractivity contribution in [2.75, 3.05) is 16.8 Å². The molecule has 0 unspecified atom stereocenters. The number of amides is 1. The summed E-state index contributed by atoms with van der Waals surface area (Å²) in [6.07, 6.45) is 21.8. The number of halogens is 4. The Morgan fingerprint density at radius 3 is 1.63 bits per heavy atom. The van der Waals surface area contributed by atoms with E-state index < -0.39 is 0 Å². The van der Waals surface area contributed by atoms with Crippen molar-refractivity contribution in [2.24, 2.45) is 0 Å². The van der Waals surface area contributed by atoms with E-state index in [0.717, 1.165) is 55.9 Å². The number of aryl methyl sites for hydroxylation is 2. The molecule has 11 rings (SSSR count). The fourth-order valence-electron chi connectivity index (χ4n) is 7.02. The lowest BCUT2D eigenvalue weighted by atomic mass is 10.0. The summed E-state index contributed by atoms with van der Waals surface area (Å²) in [5.74, 6) is 3.14. The van der Waals surface area contributed by atoms with Crippen LogP contribution in [0.15, 0.2) is 202 Å². The first kappa shape index (κ1) is 60.6. The van der Waals surface area contributed by atoms with Crippen LogP contribution in [0.1, 0.15) is 32.9 Å². The number of nitrogens with zero attached hydrogens (tertiary/aromatic N) is 11. The Morgan fingerprint density at radius 2 is 1.08 bits per heavy atom. The number of hydrogen-bond donors (Lipinski definition) is 4. The van der Waals surface area contributed by atoms with Crippen LogP contribution in [0.2, 0.25) is 20.4 Å². The Balaban J connectivity index is 0.000000162. The van der Waals surface area contributed by atoms with E-state index in [9.17, 15) is 14.7 Å². The van der Waals surface area contributed by atoms with Gasteiger partial charge in [0.05, 0.1) is 11.8 Å². The van der Waals surface area contributed by atoms with Crippen LogP contribution in [0.4, 0.5) is 17.5 Å². The van der Waals surface area contributed by atoms with E-state index in [4.69, 9.17) is 62.6 Å². The number of aromatic hydroxyl groups is 1. The summed E-state index contributed by atoms with van der Waals surface area (Å²) in [6, 6.07) is 35.7. The largest absolute Gasteiger partial charge is 0.508 e. The molecule has 0 bridgehead atoms. The average molecular weight is 1190 g/mol. The number of pyridine rings is 5. The maximum atomic E-state index is 12.4. The van der Waals surface area contributed by atoms with Crippen molar-refractivity contribution in [1.29, 1.82) is 0 Å². The van der Waals surface area contributed by atoms with Crippen LogP contribution in [0.3, 0.4) is 0 Å². The van der Waals surface area contributed by atoms with E-state index in [2.05, 4.69) is 64.9 Å². The number of aromatic nitrogens is 11. The molecule has 0 fully saturated rings. The van der Waals surface area contributed by atoms with Crippen molar-refractivity contribution in [1.82, 2.24) is 54.8 Å². The lowest BCUT2D eigenvalue weighted by Gasteiger charge is -2.10. The number of benzene rings is 3. The molecule has 0 aliphatic carbocycles. The predicted octanol–water partition coefficient (Wildman–Crippen LogP) is 13.1. The van der Waals surface area contributed by atoms with Crippen LogP contribution in [-0.4, -0.2) is 72.3 Å². The summed E-state index contributed by atoms with van der Waals surface area (Å²) in [6.45, 7) is 4.10. The van der Waals surface area contributed by atoms with Crippen molar-refractivity contribution in [3.8, 4) is 56.6 Å². The summed E-state index contributed by atoms with van der Waals surface area (Å²) >= 11 is 24.0. The second-order valence-corrected chi connectivity index (χ2v) is 18.5. The average Bonchev–Trinajstić information content (AvgIpc) is 3.56. The zero-order valence-electron chi connectivity index (χ0n) is 44.0. The Kier molecular flexibility index (Phi) is 22.7. The van der Waals surface area contributed by atoms with Gasteiger partial charge in [0.15, 0.2) is 5.75 Å². The number of carbonyl (C=O) groups is 2. The highest BCUT2D eigenvalue weighted by Crippen LogP contribution is 2.34. The molecular formula is C60H48Cl4N14O5. The predicted molar refractivity (Wildman–Crippen MR) is 321 cm³/mol. The molecule has 0 aliphatic rings. The van der Waals surface area contributed by atoms with E-state index in [-0.39, 0.29) is 17.7 Å². The first-order valence-electron chi connectivity index (χ1n) is 24.6. The molecule has 3 aromatic carbocycles. The first-order chi connectivity index (χ1) is 40.2. The summed E-state index contributed by atoms with van der Waals surface area (Å²) < 4.78 is 10.2. The number of rotatable bonds is 11. The van der Waals surface area contributed by atoms with E-state index in [1.165, 1.54) is 12.3 Å². The van der Waals surface area contributed by atoms with Crippen LogP contribution < -0.4 is 26.3 Å². The zero-order chi connectivity index (χ0) is 58.9. The molecule has 6 N–H and O–H groups in total. The Bertz CT molecular complexity index is 3850. The van der Waals surface area contributed by atoms with Crippen LogP contribution in [0.25, 0.3) is 33.4 Å². The van der Waals surface area contributed by atoms with Gasteiger partial charge in [-0.2, -0.15) is 0 Å². The van der Waals surface area contributed by atoms with Crippen molar-refractivity contribution in [3.63, 3.8) is 0 Å². The highest BCUT2D eigenvalue weighted by molar-refractivity contribution is 6.34. The third-order valence-corrected chi connectivity index (χ3v) is 12.3. The van der Waals surface area contributed by atoms with Gasteiger partial charge < -0.3 is 31.4 Å². The van der Waals surface area contributed by atoms with Crippen LogP contribution >= 0.6 is 46.4 Å². The minimum absolute atomic E-state index is 0.172. The monoisotopic (exact) mass is 1180 g/mol. The molecule has 0 atom stereocenters. The van der Waals surface area contributed by atoms with Gasteiger partial charge in [-0.1, -0.05) is 40.9 Å². The van der Waals surface area contributed by atoms with Gasteiger partial charge >= 0.3 is 6.01 Å². The number of ether oxygens (including phenoxy) is 2. The van der Waals surface area contributed by atoms with Crippen molar-refractivity contribution < 1.29 is 24.2 Å². The molecule has 8 heterocycles. The van der Waals surface area contributed by atoms with Crippen LogP contribution in [0.5, 0.6) is 23.3 Å². The third-order valence-electron chi connectivity index (χ3n) is 11.1. The number of hydrogen-bond acceptors (Lipinski definition) is 18.